The van der Waals surface area contributed by atoms with Crippen LogP contribution < -0.4 is 20.2 Å². The second-order valence-electron chi connectivity index (χ2n) is 9.00. The summed E-state index contributed by atoms with van der Waals surface area (Å²) in [6.07, 6.45) is 0. The second kappa shape index (κ2) is 11.1. The van der Waals surface area contributed by atoms with Crippen molar-refractivity contribution in [2.45, 2.75) is 6.92 Å². The normalized spacial score (nSPS) is 14.4. The van der Waals surface area contributed by atoms with Gasteiger partial charge in [-0.2, -0.15) is 0 Å². The summed E-state index contributed by atoms with van der Waals surface area (Å²) in [5.74, 6) is -4.44. The van der Waals surface area contributed by atoms with Crippen LogP contribution in [0.15, 0.2) is 64.3 Å². The van der Waals surface area contributed by atoms with Crippen LogP contribution in [0.1, 0.15) is 12.5 Å². The van der Waals surface area contributed by atoms with Crippen molar-refractivity contribution >= 4 is 39.4 Å². The minimum absolute atomic E-state index is 0.0818. The number of ether oxygens (including phenoxy) is 2. The molecule has 1 N–H and O–H groups in total. The molecule has 1 saturated heterocycles. The van der Waals surface area contributed by atoms with Crippen LogP contribution in [0.2, 0.25) is 0 Å². The lowest BCUT2D eigenvalue weighted by Gasteiger charge is -2.18. The van der Waals surface area contributed by atoms with Gasteiger partial charge in [0.05, 0.1) is 16.1 Å². The molecule has 0 saturated carbocycles. The zero-order chi connectivity index (χ0) is 29.4. The number of hydrogen-bond acceptors (Lipinski definition) is 6. The molecule has 0 aliphatic carbocycles. The Morgan fingerprint density at radius 1 is 0.878 bits per heavy atom. The van der Waals surface area contributed by atoms with E-state index >= 15 is 0 Å². The van der Waals surface area contributed by atoms with Crippen molar-refractivity contribution in [3.05, 3.63) is 98.6 Å². The Balaban J connectivity index is 1.39. The van der Waals surface area contributed by atoms with Gasteiger partial charge in [-0.25, -0.2) is 17.6 Å². The average molecular weight is 585 g/mol. The fraction of sp³-hybridized carbons (Fsp3) is 0.138. The maximum atomic E-state index is 14.8. The first-order valence-electron chi connectivity index (χ1n) is 12.1. The predicted octanol–water partition coefficient (Wildman–Crippen LogP) is 5.93. The van der Waals surface area contributed by atoms with Crippen molar-refractivity contribution < 1.29 is 36.6 Å². The molecule has 210 valence electrons. The molecular weight excluding hydrogens is 564 g/mol. The van der Waals surface area contributed by atoms with Crippen molar-refractivity contribution in [3.63, 3.8) is 0 Å². The van der Waals surface area contributed by atoms with Crippen molar-refractivity contribution in [3.8, 4) is 22.8 Å². The Morgan fingerprint density at radius 3 is 2.32 bits per heavy atom. The second-order valence-corrected chi connectivity index (χ2v) is 9.98. The van der Waals surface area contributed by atoms with Crippen LogP contribution in [0.5, 0.6) is 11.5 Å². The van der Waals surface area contributed by atoms with E-state index in [4.69, 9.17) is 9.47 Å². The van der Waals surface area contributed by atoms with Gasteiger partial charge in [0, 0.05) is 18.0 Å². The lowest BCUT2D eigenvalue weighted by molar-refractivity contribution is -0.115. The number of aryl methyl sites for hydroxylation is 1. The van der Waals surface area contributed by atoms with Crippen LogP contribution in [0.25, 0.3) is 27.7 Å². The molecule has 1 aliphatic rings. The van der Waals surface area contributed by atoms with Gasteiger partial charge in [-0.1, -0.05) is 6.07 Å². The summed E-state index contributed by atoms with van der Waals surface area (Å²) >= 11 is 0.730. The maximum absolute atomic E-state index is 14.8. The van der Waals surface area contributed by atoms with Crippen molar-refractivity contribution in [2.75, 3.05) is 13.2 Å². The van der Waals surface area contributed by atoms with Gasteiger partial charge in [0.1, 0.15) is 19.0 Å². The summed E-state index contributed by atoms with van der Waals surface area (Å²) in [5, 5.41) is 1.78. The fourth-order valence-corrected chi connectivity index (χ4v) is 5.16. The maximum Gasteiger partial charge on any atom is 0.290 e. The number of imide groups is 1. The van der Waals surface area contributed by atoms with Crippen molar-refractivity contribution in [2.24, 2.45) is 7.05 Å². The molecule has 2 heterocycles. The van der Waals surface area contributed by atoms with Crippen LogP contribution in [-0.4, -0.2) is 28.9 Å². The first-order valence-corrected chi connectivity index (χ1v) is 12.9. The molecule has 4 aromatic rings. The third kappa shape index (κ3) is 5.42. The van der Waals surface area contributed by atoms with Crippen LogP contribution in [0.3, 0.4) is 0 Å². The lowest BCUT2D eigenvalue weighted by Crippen LogP contribution is -2.19. The van der Waals surface area contributed by atoms with Crippen LogP contribution >= 0.6 is 11.8 Å². The molecule has 0 unspecified atom stereocenters. The highest BCUT2D eigenvalue weighted by molar-refractivity contribution is 8.18. The number of carbonyl (C=O) groups excluding carboxylic acids is 2. The molecule has 5 rings (SSSR count). The highest BCUT2D eigenvalue weighted by Gasteiger charge is 2.28. The predicted molar refractivity (Wildman–Crippen MR) is 146 cm³/mol. The number of carbonyl (C=O) groups is 2. The van der Waals surface area contributed by atoms with Crippen molar-refractivity contribution in [1.82, 2.24) is 9.88 Å². The molecule has 2 amide bonds. The van der Waals surface area contributed by atoms with E-state index < -0.39 is 39.8 Å². The van der Waals surface area contributed by atoms with E-state index in [1.807, 2.05) is 0 Å². The zero-order valence-corrected chi connectivity index (χ0v) is 22.3. The number of allylic oxidation sites excluding steroid dienone is 1. The number of pyridine rings is 1. The third-order valence-electron chi connectivity index (χ3n) is 6.42. The number of fused-ring (bicyclic) bond motifs is 1. The molecule has 3 aromatic carbocycles. The van der Waals surface area contributed by atoms with E-state index in [0.29, 0.717) is 11.1 Å². The number of nitrogens with one attached hydrogen (secondary N) is 1. The smallest absolute Gasteiger partial charge is 0.290 e. The van der Waals surface area contributed by atoms with E-state index in [2.05, 4.69) is 5.32 Å². The molecule has 0 radical (unpaired) electrons. The van der Waals surface area contributed by atoms with Gasteiger partial charge in [0.15, 0.2) is 29.0 Å². The Hall–Kier alpha value is -4.58. The molecule has 1 aliphatic heterocycles. The molecule has 0 spiro atoms. The summed E-state index contributed by atoms with van der Waals surface area (Å²) < 4.78 is 69.1. The summed E-state index contributed by atoms with van der Waals surface area (Å²) in [6.45, 7) is 1.15. The molecule has 12 heteroatoms. The third-order valence-corrected chi connectivity index (χ3v) is 7.41. The van der Waals surface area contributed by atoms with E-state index in [1.165, 1.54) is 35.9 Å². The Kier molecular flexibility index (Phi) is 7.59. The van der Waals surface area contributed by atoms with Gasteiger partial charge >= 0.3 is 0 Å². The van der Waals surface area contributed by atoms with Crippen LogP contribution in [0, 0.1) is 23.3 Å². The Labute approximate surface area is 234 Å². The Bertz CT molecular complexity index is 1840. The lowest BCUT2D eigenvalue weighted by atomic mass is 10.1. The minimum Gasteiger partial charge on any atom is -0.487 e. The molecular formula is C29H20F4N2O5S. The largest absolute Gasteiger partial charge is 0.487 e. The van der Waals surface area contributed by atoms with Crippen LogP contribution in [-0.2, 0) is 11.8 Å². The van der Waals surface area contributed by atoms with Gasteiger partial charge in [0.2, 0.25) is 5.43 Å². The molecule has 1 fully saturated rings. The first-order chi connectivity index (χ1) is 19.5. The van der Waals surface area contributed by atoms with Gasteiger partial charge in [-0.05, 0) is 78.4 Å². The van der Waals surface area contributed by atoms with E-state index in [9.17, 15) is 31.9 Å². The van der Waals surface area contributed by atoms with Crippen molar-refractivity contribution in [1.29, 1.82) is 0 Å². The molecule has 0 bridgehead atoms. The standard InChI is InChI=1S/C29H20F4N2O5S/c1-14(27-28(37)34-29(38)41-27)15-4-8-23(21(33)11-15)39-9-10-40-26-24(16-3-7-19(31)20(32)12-16)35(2)22-13-17(30)5-6-18(22)25(26)36/h3-8,11-13H,9-10H2,1-2H3,(H,34,37,38)/b27-14+. The molecule has 0 atom stereocenters. The zero-order valence-electron chi connectivity index (χ0n) is 21.5. The monoisotopic (exact) mass is 584 g/mol. The molecule has 1 aromatic heterocycles. The number of amides is 2. The molecule has 41 heavy (non-hydrogen) atoms. The highest BCUT2D eigenvalue weighted by atomic mass is 32.2. The van der Waals surface area contributed by atoms with E-state index in [0.717, 1.165) is 42.1 Å². The van der Waals surface area contributed by atoms with E-state index in [-0.39, 0.29) is 51.8 Å². The van der Waals surface area contributed by atoms with Crippen LogP contribution in [0.4, 0.5) is 22.4 Å². The summed E-state index contributed by atoms with van der Waals surface area (Å²) in [4.78, 5) is 36.8. The number of halogens is 4. The summed E-state index contributed by atoms with van der Waals surface area (Å²) in [7, 11) is 1.53. The van der Waals surface area contributed by atoms with Gasteiger partial charge in [0.25, 0.3) is 11.1 Å². The highest BCUT2D eigenvalue weighted by Crippen LogP contribution is 2.34. The molecule has 7 nitrogen and oxygen atoms in total. The van der Waals surface area contributed by atoms with E-state index in [1.54, 1.807) is 6.92 Å². The SMILES string of the molecule is C/C(=C1\SC(=O)NC1=O)c1ccc(OCCOc2c(-c3ccc(F)c(F)c3)n(C)c3cc(F)ccc3c2=O)c(F)c1. The number of thioether (sulfide) groups is 1. The minimum atomic E-state index is -1.15. The average Bonchev–Trinajstić information content (AvgIpc) is 3.28. The quantitative estimate of drug-likeness (QED) is 0.165. The first kappa shape index (κ1) is 28.0. The summed E-state index contributed by atoms with van der Waals surface area (Å²) in [6, 6.07) is 10.7. The summed E-state index contributed by atoms with van der Waals surface area (Å²) in [5.41, 5.74) is 0.605. The van der Waals surface area contributed by atoms with Gasteiger partial charge in [-0.15, -0.1) is 0 Å². The number of nitrogens with zero attached hydrogens (tertiary/aromatic N) is 1. The number of aromatic nitrogens is 1. The number of hydrogen-bond donors (Lipinski definition) is 1. The Morgan fingerprint density at radius 2 is 1.63 bits per heavy atom. The topological polar surface area (TPSA) is 86.6 Å². The van der Waals surface area contributed by atoms with Gasteiger partial charge in [-0.3, -0.25) is 19.7 Å². The van der Waals surface area contributed by atoms with Gasteiger partial charge < -0.3 is 14.0 Å². The fourth-order valence-electron chi connectivity index (χ4n) is 4.42. The number of rotatable bonds is 7. The number of benzene rings is 3.